The van der Waals surface area contributed by atoms with E-state index in [9.17, 15) is 0 Å². The van der Waals surface area contributed by atoms with Crippen LogP contribution in [-0.2, 0) is 22.4 Å². The zero-order valence-electron chi connectivity index (χ0n) is 16.0. The van der Waals surface area contributed by atoms with Gasteiger partial charge in [-0.25, -0.2) is 18.6 Å². The van der Waals surface area contributed by atoms with Gasteiger partial charge in [-0.05, 0) is 41.6 Å². The predicted molar refractivity (Wildman–Crippen MR) is 96.6 cm³/mol. The van der Waals surface area contributed by atoms with Crippen LogP contribution in [0.25, 0.3) is 0 Å². The zero-order valence-corrected chi connectivity index (χ0v) is 19.9. The summed E-state index contributed by atoms with van der Waals surface area (Å²) in [5.74, 6) is 1.63. The number of hydrogen-bond acceptors (Lipinski definition) is 5. The van der Waals surface area contributed by atoms with E-state index in [1.807, 2.05) is 18.2 Å². The summed E-state index contributed by atoms with van der Waals surface area (Å²) in [6.07, 6.45) is 6.25. The van der Waals surface area contributed by atoms with Crippen LogP contribution in [0.1, 0.15) is 27.7 Å². The van der Waals surface area contributed by atoms with Crippen molar-refractivity contribution in [3.8, 4) is 0 Å². The molecule has 0 radical (unpaired) electrons. The molecule has 2 aromatic rings. The standard InChI is InChI=1S/C14H23P.C5H5N.Au.ClHO4/c1-12(2)10-15(11-13(3)4)14-8-6-5-7-9-14;1-2-4-6-5-3-1;;2-1(3,4)5/h5-9,12-13H,10-11H2,1-4H3;1-5H;;(H,2,3,4,5)/q;;+1;/p-1. The molecule has 0 saturated carbocycles. The minimum absolute atomic E-state index is 0. The number of pyridine rings is 1. The van der Waals surface area contributed by atoms with Gasteiger partial charge in [0.15, 0.2) is 0 Å². The number of hydrogen-bond donors (Lipinski definition) is 0. The molecule has 2 rings (SSSR count). The van der Waals surface area contributed by atoms with E-state index < -0.39 is 10.2 Å². The molecule has 1 heterocycles. The molecule has 5 nitrogen and oxygen atoms in total. The molecule has 0 atom stereocenters. The van der Waals surface area contributed by atoms with Crippen LogP contribution in [0, 0.1) is 22.1 Å². The summed E-state index contributed by atoms with van der Waals surface area (Å²) in [6.45, 7) is 9.33. The Balaban J connectivity index is 0. The SMILES string of the molecule is CC(C)CP(CC(C)C)c1ccccc1.[Au+].[O-][Cl+3]([O-])([O-])[O-].c1ccncc1. The van der Waals surface area contributed by atoms with Crippen molar-refractivity contribution in [1.29, 1.82) is 0 Å². The summed E-state index contributed by atoms with van der Waals surface area (Å²) in [7, 11) is -4.88. The summed E-state index contributed by atoms with van der Waals surface area (Å²) < 4.78 is 34.0. The van der Waals surface area contributed by atoms with E-state index >= 15 is 0 Å². The third-order valence-corrected chi connectivity index (χ3v) is 6.23. The third-order valence-electron chi connectivity index (χ3n) is 2.86. The number of halogens is 1. The summed E-state index contributed by atoms with van der Waals surface area (Å²) in [5, 5.41) is 1.58. The fraction of sp³-hybridized carbons (Fsp3) is 0.421. The van der Waals surface area contributed by atoms with Crippen LogP contribution in [0.3, 0.4) is 0 Å². The van der Waals surface area contributed by atoms with Crippen molar-refractivity contribution in [3.05, 3.63) is 60.9 Å². The Labute approximate surface area is 181 Å². The van der Waals surface area contributed by atoms with Crippen molar-refractivity contribution >= 4 is 13.2 Å². The average molecular weight is 598 g/mol. The first-order valence-electron chi connectivity index (χ1n) is 8.36. The fourth-order valence-electron chi connectivity index (χ4n) is 2.12. The first-order chi connectivity index (χ1) is 12.1. The Morgan fingerprint density at radius 1 is 0.778 bits per heavy atom. The monoisotopic (exact) mass is 597 g/mol. The first kappa shape index (κ1) is 28.9. The van der Waals surface area contributed by atoms with Crippen LogP contribution in [0.5, 0.6) is 0 Å². The zero-order chi connectivity index (χ0) is 20.0. The molecule has 0 spiro atoms. The topological polar surface area (TPSA) is 105 Å². The molecular weight excluding hydrogens is 570 g/mol. The molecule has 0 aliphatic carbocycles. The third kappa shape index (κ3) is 21.8. The van der Waals surface area contributed by atoms with Crippen molar-refractivity contribution in [3.63, 3.8) is 0 Å². The first-order valence-corrected chi connectivity index (χ1v) is 11.3. The molecule has 0 N–H and O–H groups in total. The second-order valence-corrected chi connectivity index (χ2v) is 9.51. The van der Waals surface area contributed by atoms with Crippen LogP contribution >= 0.6 is 7.92 Å². The summed E-state index contributed by atoms with van der Waals surface area (Å²) in [5.41, 5.74) is 0. The Morgan fingerprint density at radius 2 is 1.15 bits per heavy atom. The smallest absolute Gasteiger partial charge is 0.265 e. The van der Waals surface area contributed by atoms with E-state index in [1.165, 1.54) is 12.3 Å². The van der Waals surface area contributed by atoms with Gasteiger partial charge in [-0.2, -0.15) is 0 Å². The van der Waals surface area contributed by atoms with E-state index in [0.717, 1.165) is 11.8 Å². The molecule has 27 heavy (non-hydrogen) atoms. The molecular formula is C19H28AuClNO4P. The molecule has 0 bridgehead atoms. The molecule has 0 unspecified atom stereocenters. The van der Waals surface area contributed by atoms with Gasteiger partial charge < -0.3 is 0 Å². The van der Waals surface area contributed by atoms with Crippen molar-refractivity contribution in [1.82, 2.24) is 4.98 Å². The number of aromatic nitrogens is 1. The fourth-order valence-corrected chi connectivity index (χ4v) is 5.05. The number of benzene rings is 1. The van der Waals surface area contributed by atoms with Gasteiger partial charge in [-0.15, -0.1) is 10.2 Å². The summed E-state index contributed by atoms with van der Waals surface area (Å²) in [6, 6.07) is 16.8. The molecule has 0 fully saturated rings. The molecule has 0 amide bonds. The molecule has 0 saturated heterocycles. The quantitative estimate of drug-likeness (QED) is 0.367. The number of rotatable bonds is 5. The summed E-state index contributed by atoms with van der Waals surface area (Å²) >= 11 is 0. The van der Waals surface area contributed by atoms with Crippen LogP contribution in [-0.4, -0.2) is 17.3 Å². The van der Waals surface area contributed by atoms with Gasteiger partial charge in [0.25, 0.3) is 0 Å². The molecule has 156 valence electrons. The van der Waals surface area contributed by atoms with Gasteiger partial charge >= 0.3 is 22.4 Å². The molecule has 1 aromatic carbocycles. The largest absolute Gasteiger partial charge is 1.00 e. The van der Waals surface area contributed by atoms with Gasteiger partial charge in [0, 0.05) is 12.4 Å². The van der Waals surface area contributed by atoms with Gasteiger partial charge in [-0.3, -0.25) is 4.98 Å². The average Bonchev–Trinajstić information content (AvgIpc) is 2.55. The van der Waals surface area contributed by atoms with Crippen molar-refractivity contribution in [2.24, 2.45) is 11.8 Å². The van der Waals surface area contributed by atoms with Crippen molar-refractivity contribution < 1.29 is 51.3 Å². The second kappa shape index (κ2) is 16.6. The van der Waals surface area contributed by atoms with Gasteiger partial charge in [0.1, 0.15) is 0 Å². The van der Waals surface area contributed by atoms with Gasteiger partial charge in [0.05, 0.1) is 0 Å². The Hall–Kier alpha value is -0.330. The maximum absolute atomic E-state index is 8.49. The maximum Gasteiger partial charge on any atom is 1.00 e. The van der Waals surface area contributed by atoms with Crippen LogP contribution < -0.4 is 23.9 Å². The van der Waals surface area contributed by atoms with Crippen LogP contribution in [0.15, 0.2) is 60.9 Å². The van der Waals surface area contributed by atoms with Crippen molar-refractivity contribution in [2.75, 3.05) is 12.3 Å². The Morgan fingerprint density at radius 3 is 1.41 bits per heavy atom. The Kier molecular flexibility index (Phi) is 17.8. The van der Waals surface area contributed by atoms with Gasteiger partial charge in [0.2, 0.25) is 0 Å². The molecule has 0 aliphatic heterocycles. The Bertz CT molecular complexity index is 514. The second-order valence-electron chi connectivity index (χ2n) is 6.43. The van der Waals surface area contributed by atoms with Gasteiger partial charge in [-0.1, -0.05) is 72.0 Å². The van der Waals surface area contributed by atoms with Crippen molar-refractivity contribution in [2.45, 2.75) is 27.7 Å². The van der Waals surface area contributed by atoms with E-state index in [2.05, 4.69) is 63.0 Å². The normalized spacial score (nSPS) is 10.5. The molecule has 1 aromatic heterocycles. The summed E-state index contributed by atoms with van der Waals surface area (Å²) in [4.78, 5) is 3.78. The van der Waals surface area contributed by atoms with E-state index in [-0.39, 0.29) is 30.3 Å². The predicted octanol–water partition coefficient (Wildman–Crippen LogP) is 0.429. The van der Waals surface area contributed by atoms with E-state index in [4.69, 9.17) is 18.6 Å². The van der Waals surface area contributed by atoms with E-state index in [1.54, 1.807) is 17.7 Å². The molecule has 8 heteroatoms. The number of nitrogens with zero attached hydrogens (tertiary/aromatic N) is 1. The van der Waals surface area contributed by atoms with E-state index in [0.29, 0.717) is 0 Å². The minimum Gasteiger partial charge on any atom is -0.265 e. The molecule has 0 aliphatic rings. The van der Waals surface area contributed by atoms with Crippen LogP contribution in [0.2, 0.25) is 0 Å². The maximum atomic E-state index is 8.49. The van der Waals surface area contributed by atoms with Crippen LogP contribution in [0.4, 0.5) is 0 Å². The minimum atomic E-state index is -4.94.